The van der Waals surface area contributed by atoms with Crippen molar-refractivity contribution >= 4 is 63.2 Å². The van der Waals surface area contributed by atoms with Crippen LogP contribution in [0.25, 0.3) is 11.2 Å². The third kappa shape index (κ3) is 5.03. The number of phosphoric ester groups is 1. The molecule has 0 amide bonds. The van der Waals surface area contributed by atoms with Crippen LogP contribution in [-0.2, 0) is 27.3 Å². The molecule has 0 aromatic carbocycles. The summed E-state index contributed by atoms with van der Waals surface area (Å²) in [6.45, 7) is -0.831. The lowest BCUT2D eigenvalue weighted by atomic mass is 10.2. The van der Waals surface area contributed by atoms with Gasteiger partial charge < -0.3 is 35.2 Å². The second kappa shape index (κ2) is 8.82. The van der Waals surface area contributed by atoms with Crippen LogP contribution in [0.2, 0.25) is 0 Å². The largest absolute Gasteiger partial charge is 0.479 e. The number of hydrogen-bond donors (Lipinski definition) is 6. The minimum atomic E-state index is -5.81. The van der Waals surface area contributed by atoms with Crippen LogP contribution < -0.4 is 5.73 Å². The average Bonchev–Trinajstić information content (AvgIpc) is 3.22. The van der Waals surface area contributed by atoms with E-state index in [9.17, 15) is 28.6 Å². The van der Waals surface area contributed by atoms with Gasteiger partial charge in [-0.2, -0.15) is 0 Å². The Morgan fingerprint density at radius 2 is 1.88 bits per heavy atom. The molecule has 1 saturated heterocycles. The number of nitrogen functional groups attached to an aromatic ring is 1. The number of alkyl halides is 2. The predicted molar refractivity (Wildman–Crippen MR) is 107 cm³/mol. The molecule has 3 heterocycles. The molecule has 0 radical (unpaired) electrons. The topological polar surface area (TPSA) is 250 Å². The molecule has 7 N–H and O–H groups in total. The van der Waals surface area contributed by atoms with Crippen molar-refractivity contribution in [2.45, 2.75) is 28.7 Å². The zero-order valence-corrected chi connectivity index (χ0v) is 19.6. The molecule has 2 aromatic rings. The van der Waals surface area contributed by atoms with Gasteiger partial charge in [-0.3, -0.25) is 18.2 Å². The van der Waals surface area contributed by atoms with Crippen molar-refractivity contribution in [2.75, 3.05) is 12.3 Å². The van der Waals surface area contributed by atoms with Gasteiger partial charge in [-0.1, -0.05) is 23.2 Å². The van der Waals surface area contributed by atoms with E-state index in [2.05, 4.69) is 23.8 Å². The molecular formula is C11H16Cl2N5O11P3. The van der Waals surface area contributed by atoms with Crippen LogP contribution >= 0.6 is 46.2 Å². The molecule has 2 unspecified atom stereocenters. The highest BCUT2D eigenvalue weighted by Gasteiger charge is 2.62. The first-order chi connectivity index (χ1) is 14.6. The molecule has 1 aliphatic heterocycles. The van der Waals surface area contributed by atoms with Gasteiger partial charge in [0.2, 0.25) is 0 Å². The summed E-state index contributed by atoms with van der Waals surface area (Å²) in [5, 5.41) is 10.2. The summed E-state index contributed by atoms with van der Waals surface area (Å²) >= 11 is 10.4. The smallest absolute Gasteiger partial charge is 0.390 e. The monoisotopic (exact) mass is 557 g/mol. The summed E-state index contributed by atoms with van der Waals surface area (Å²) in [4.78, 5) is 49.1. The van der Waals surface area contributed by atoms with Crippen molar-refractivity contribution < 1.29 is 51.9 Å². The number of phosphoric acid groups is 1. The molecule has 16 nitrogen and oxygen atoms in total. The third-order valence-electron chi connectivity index (χ3n) is 4.21. The van der Waals surface area contributed by atoms with Gasteiger partial charge in [0.15, 0.2) is 11.5 Å². The number of halogens is 2. The summed E-state index contributed by atoms with van der Waals surface area (Å²) in [6, 6.07) is 0. The molecule has 180 valence electrons. The van der Waals surface area contributed by atoms with Crippen molar-refractivity contribution in [2.24, 2.45) is 0 Å². The van der Waals surface area contributed by atoms with Crippen LogP contribution in [0.5, 0.6) is 0 Å². The number of nitrogens with zero attached hydrogens (tertiary/aromatic N) is 4. The number of anilines is 1. The fourth-order valence-electron chi connectivity index (χ4n) is 2.66. The molecule has 3 rings (SSSR count). The molecule has 5 atom stereocenters. The van der Waals surface area contributed by atoms with Gasteiger partial charge in [0.25, 0.3) is 0 Å². The Labute approximate surface area is 188 Å². The van der Waals surface area contributed by atoms with Crippen molar-refractivity contribution in [3.8, 4) is 0 Å². The van der Waals surface area contributed by atoms with E-state index in [1.807, 2.05) is 0 Å². The van der Waals surface area contributed by atoms with Crippen LogP contribution in [-0.4, -0.2) is 66.8 Å². The zero-order valence-electron chi connectivity index (χ0n) is 15.5. The van der Waals surface area contributed by atoms with Crippen molar-refractivity contribution in [3.05, 3.63) is 12.7 Å². The lowest BCUT2D eigenvalue weighted by Crippen LogP contribution is -2.26. The number of aromatic nitrogens is 4. The molecule has 0 bridgehead atoms. The minimum absolute atomic E-state index is 0.0247. The summed E-state index contributed by atoms with van der Waals surface area (Å²) < 4.78 is 46.9. The van der Waals surface area contributed by atoms with Crippen LogP contribution in [0.1, 0.15) is 12.6 Å². The Kier molecular flexibility index (Phi) is 7.14. The molecule has 0 spiro atoms. The Balaban J connectivity index is 1.68. The third-order valence-corrected chi connectivity index (χ3v) is 11.9. The van der Waals surface area contributed by atoms with Gasteiger partial charge in [-0.25, -0.2) is 23.8 Å². The number of aliphatic hydroxyl groups is 1. The molecule has 1 aliphatic rings. The quantitative estimate of drug-likeness (QED) is 0.192. The highest BCUT2D eigenvalue weighted by Crippen LogP contribution is 2.79. The number of fused-ring (bicyclic) bond motifs is 1. The summed E-state index contributed by atoms with van der Waals surface area (Å²) in [6.07, 6.45) is -0.789. The number of imidazole rings is 1. The standard InChI is InChI=1S/C11H16Cl2N5O11P3/c12-11(13,30(20,21)22)31(23,24)29-32(25,26)27-2-6-5(19)1-7(28-6)18-4-17-8-9(14)15-3-16-10(8)18/h3-7,19H,1-2H2,(H,23,24)(H,25,26)(H2,14,15,16)(H2,20,21,22)/t5-,6+,7+/m0/s1. The first-order valence-corrected chi connectivity index (χ1v) is 13.7. The van der Waals surface area contributed by atoms with Gasteiger partial charge in [0.1, 0.15) is 24.2 Å². The Bertz CT molecular complexity index is 1160. The number of aliphatic hydroxyl groups excluding tert-OH is 1. The number of ether oxygens (including phenoxy) is 1. The summed E-state index contributed by atoms with van der Waals surface area (Å²) in [5.74, 6) is 0.115. The van der Waals surface area contributed by atoms with Gasteiger partial charge in [0.05, 0.1) is 19.0 Å². The SMILES string of the molecule is Nc1ncnc2c1ncn2[C@H]1C[C@H](O)[C@@H](COP(=O)(O)OP(=O)(O)C(Cl)(Cl)P(=O)(O)O)O1. The second-order valence-corrected chi connectivity index (χ2v) is 14.5. The lowest BCUT2D eigenvalue weighted by molar-refractivity contribution is -0.0421. The van der Waals surface area contributed by atoms with Gasteiger partial charge >= 0.3 is 26.8 Å². The van der Waals surface area contributed by atoms with E-state index in [1.54, 1.807) is 0 Å². The van der Waals surface area contributed by atoms with Crippen molar-refractivity contribution in [3.63, 3.8) is 0 Å². The van der Waals surface area contributed by atoms with Crippen LogP contribution in [0.3, 0.4) is 0 Å². The molecule has 32 heavy (non-hydrogen) atoms. The van der Waals surface area contributed by atoms with Crippen molar-refractivity contribution in [1.82, 2.24) is 19.5 Å². The molecular weight excluding hydrogens is 542 g/mol. The molecule has 1 fully saturated rings. The molecule has 0 aliphatic carbocycles. The lowest BCUT2D eigenvalue weighted by Gasteiger charge is -2.26. The van der Waals surface area contributed by atoms with Crippen LogP contribution in [0.4, 0.5) is 5.82 Å². The molecule has 0 saturated carbocycles. The van der Waals surface area contributed by atoms with E-state index < -0.39 is 51.9 Å². The van der Waals surface area contributed by atoms with E-state index in [0.29, 0.717) is 5.65 Å². The molecule has 21 heteroatoms. The number of hydrogen-bond acceptors (Lipinski definition) is 11. The summed E-state index contributed by atoms with van der Waals surface area (Å²) in [7, 11) is -16.9. The molecule has 2 aromatic heterocycles. The Morgan fingerprint density at radius 1 is 1.22 bits per heavy atom. The zero-order chi connectivity index (χ0) is 24.1. The van der Waals surface area contributed by atoms with Gasteiger partial charge in [-0.05, 0) is 0 Å². The van der Waals surface area contributed by atoms with Crippen LogP contribution in [0.15, 0.2) is 12.7 Å². The summed E-state index contributed by atoms with van der Waals surface area (Å²) in [5.41, 5.74) is 6.29. The van der Waals surface area contributed by atoms with Crippen molar-refractivity contribution in [1.29, 1.82) is 0 Å². The number of rotatable bonds is 8. The van der Waals surface area contributed by atoms with E-state index in [-0.39, 0.29) is 17.8 Å². The Hall–Kier alpha value is -0.700. The first kappa shape index (κ1) is 25.9. The maximum Gasteiger partial charge on any atom is 0.479 e. The van der Waals surface area contributed by atoms with Crippen LogP contribution in [0, 0.1) is 0 Å². The maximum absolute atomic E-state index is 12.0. The highest BCUT2D eigenvalue weighted by molar-refractivity contribution is 7.81. The van der Waals surface area contributed by atoms with E-state index >= 15 is 0 Å². The predicted octanol–water partition coefficient (Wildman–Crippen LogP) is 0.642. The minimum Gasteiger partial charge on any atom is -0.390 e. The first-order valence-electron chi connectivity index (χ1n) is 8.27. The fraction of sp³-hybridized carbons (Fsp3) is 0.545. The van der Waals surface area contributed by atoms with E-state index in [1.165, 1.54) is 17.2 Å². The second-order valence-electron chi connectivity index (χ2n) is 6.44. The van der Waals surface area contributed by atoms with Gasteiger partial charge in [0, 0.05) is 6.42 Å². The Morgan fingerprint density at radius 3 is 2.50 bits per heavy atom. The van der Waals surface area contributed by atoms with E-state index in [4.69, 9.17) is 43.5 Å². The fourth-order valence-corrected chi connectivity index (χ4v) is 6.90. The maximum atomic E-state index is 12.0. The average molecular weight is 558 g/mol. The number of nitrogens with two attached hydrogens (primary N) is 1. The highest BCUT2D eigenvalue weighted by atomic mass is 35.5. The normalized spacial score (nSPS) is 26.2. The van der Waals surface area contributed by atoms with Gasteiger partial charge in [-0.15, -0.1) is 0 Å². The van der Waals surface area contributed by atoms with E-state index in [0.717, 1.165) is 0 Å².